The van der Waals surface area contributed by atoms with Gasteiger partial charge in [0.15, 0.2) is 0 Å². The summed E-state index contributed by atoms with van der Waals surface area (Å²) in [5, 5.41) is 1.79. The standard InChI is InChI=1S/C12H14F3NO2/c1-8(2)7-18-10-6-4-3-5-9(10)16-11(17)12(13,14)15/h3-6,8H,7H2,1-2H3,(H,16,17). The van der Waals surface area contributed by atoms with Crippen molar-refractivity contribution in [2.75, 3.05) is 11.9 Å². The molecule has 1 aromatic rings. The van der Waals surface area contributed by atoms with Gasteiger partial charge in [0.2, 0.25) is 0 Å². The Morgan fingerprint density at radius 1 is 1.33 bits per heavy atom. The van der Waals surface area contributed by atoms with Crippen LogP contribution in [-0.2, 0) is 4.79 Å². The van der Waals surface area contributed by atoms with Gasteiger partial charge in [-0.15, -0.1) is 0 Å². The summed E-state index contributed by atoms with van der Waals surface area (Å²) in [5.41, 5.74) is 0.0143. The van der Waals surface area contributed by atoms with E-state index in [1.165, 1.54) is 18.2 Å². The number of carbonyl (C=O) groups excluding carboxylic acids is 1. The van der Waals surface area contributed by atoms with Gasteiger partial charge >= 0.3 is 12.1 Å². The molecule has 0 radical (unpaired) electrons. The Labute approximate surface area is 103 Å². The summed E-state index contributed by atoms with van der Waals surface area (Å²) in [5.74, 6) is -1.55. The van der Waals surface area contributed by atoms with Gasteiger partial charge in [0.1, 0.15) is 5.75 Å². The second-order valence-electron chi connectivity index (χ2n) is 4.15. The molecule has 0 bridgehead atoms. The number of hydrogen-bond donors (Lipinski definition) is 1. The number of para-hydroxylation sites is 2. The van der Waals surface area contributed by atoms with E-state index < -0.39 is 12.1 Å². The van der Waals surface area contributed by atoms with Crippen molar-refractivity contribution in [3.63, 3.8) is 0 Å². The summed E-state index contributed by atoms with van der Waals surface area (Å²) < 4.78 is 41.7. The third-order valence-corrected chi connectivity index (χ3v) is 1.96. The predicted octanol–water partition coefficient (Wildman–Crippen LogP) is 3.22. The summed E-state index contributed by atoms with van der Waals surface area (Å²) in [6.45, 7) is 4.19. The summed E-state index contributed by atoms with van der Waals surface area (Å²) in [6, 6.07) is 6.01. The van der Waals surface area contributed by atoms with Gasteiger partial charge in [-0.3, -0.25) is 4.79 Å². The Morgan fingerprint density at radius 3 is 2.50 bits per heavy atom. The first-order valence-electron chi connectivity index (χ1n) is 5.40. The van der Waals surface area contributed by atoms with Crippen molar-refractivity contribution >= 4 is 11.6 Å². The van der Waals surface area contributed by atoms with E-state index in [1.807, 2.05) is 13.8 Å². The van der Waals surface area contributed by atoms with E-state index in [0.29, 0.717) is 6.61 Å². The Kier molecular flexibility index (Phi) is 4.58. The quantitative estimate of drug-likeness (QED) is 0.903. The molecule has 0 atom stereocenters. The summed E-state index contributed by atoms with van der Waals surface area (Å²) in [7, 11) is 0. The molecule has 100 valence electrons. The molecule has 0 saturated heterocycles. The second kappa shape index (κ2) is 5.75. The monoisotopic (exact) mass is 261 g/mol. The van der Waals surface area contributed by atoms with Crippen LogP contribution in [0.1, 0.15) is 13.8 Å². The van der Waals surface area contributed by atoms with Gasteiger partial charge in [0.05, 0.1) is 12.3 Å². The van der Waals surface area contributed by atoms with Crippen LogP contribution in [0.25, 0.3) is 0 Å². The first-order chi connectivity index (χ1) is 8.30. The van der Waals surface area contributed by atoms with Crippen molar-refractivity contribution < 1.29 is 22.7 Å². The molecule has 0 heterocycles. The highest BCUT2D eigenvalue weighted by atomic mass is 19.4. The van der Waals surface area contributed by atoms with Gasteiger partial charge in [-0.2, -0.15) is 13.2 Å². The SMILES string of the molecule is CC(C)COc1ccccc1NC(=O)C(F)(F)F. The van der Waals surface area contributed by atoms with E-state index in [2.05, 4.69) is 0 Å². The number of alkyl halides is 3. The molecule has 1 rings (SSSR count). The van der Waals surface area contributed by atoms with Crippen molar-refractivity contribution in [1.29, 1.82) is 0 Å². The number of rotatable bonds is 4. The van der Waals surface area contributed by atoms with Gasteiger partial charge < -0.3 is 10.1 Å². The summed E-state index contributed by atoms with van der Waals surface area (Å²) in [4.78, 5) is 10.8. The van der Waals surface area contributed by atoms with E-state index in [1.54, 1.807) is 11.4 Å². The summed E-state index contributed by atoms with van der Waals surface area (Å²) in [6.07, 6.45) is -4.91. The molecule has 0 spiro atoms. The first kappa shape index (κ1) is 14.3. The minimum atomic E-state index is -4.91. The average molecular weight is 261 g/mol. The molecule has 0 saturated carbocycles. The molecular weight excluding hydrogens is 247 g/mol. The molecule has 0 fully saturated rings. The zero-order valence-corrected chi connectivity index (χ0v) is 10.0. The third kappa shape index (κ3) is 4.27. The molecule has 1 N–H and O–H groups in total. The molecule has 6 heteroatoms. The Bertz CT molecular complexity index is 416. The van der Waals surface area contributed by atoms with Crippen molar-refractivity contribution in [1.82, 2.24) is 0 Å². The fourth-order valence-electron chi connectivity index (χ4n) is 1.15. The van der Waals surface area contributed by atoms with Crippen molar-refractivity contribution in [3.05, 3.63) is 24.3 Å². The number of anilines is 1. The number of carbonyl (C=O) groups is 1. The predicted molar refractivity (Wildman–Crippen MR) is 61.5 cm³/mol. The van der Waals surface area contributed by atoms with Crippen LogP contribution in [0.15, 0.2) is 24.3 Å². The zero-order valence-electron chi connectivity index (χ0n) is 10.0. The lowest BCUT2D eigenvalue weighted by atomic mass is 10.2. The average Bonchev–Trinajstić information content (AvgIpc) is 2.26. The lowest BCUT2D eigenvalue weighted by molar-refractivity contribution is -0.167. The minimum Gasteiger partial charge on any atom is -0.491 e. The molecule has 0 aliphatic rings. The highest BCUT2D eigenvalue weighted by Crippen LogP contribution is 2.26. The lowest BCUT2D eigenvalue weighted by Crippen LogP contribution is -2.30. The Morgan fingerprint density at radius 2 is 1.94 bits per heavy atom. The van der Waals surface area contributed by atoms with Crippen LogP contribution in [0, 0.1) is 5.92 Å². The molecule has 0 aliphatic carbocycles. The maximum atomic E-state index is 12.1. The largest absolute Gasteiger partial charge is 0.491 e. The number of hydrogen-bond acceptors (Lipinski definition) is 2. The van der Waals surface area contributed by atoms with Crippen LogP contribution >= 0.6 is 0 Å². The smallest absolute Gasteiger partial charge is 0.471 e. The van der Waals surface area contributed by atoms with Crippen LogP contribution < -0.4 is 10.1 Å². The van der Waals surface area contributed by atoms with Crippen molar-refractivity contribution in [2.45, 2.75) is 20.0 Å². The van der Waals surface area contributed by atoms with Gasteiger partial charge in [-0.05, 0) is 18.1 Å². The van der Waals surface area contributed by atoms with Crippen LogP contribution in [0.3, 0.4) is 0 Å². The van der Waals surface area contributed by atoms with Crippen molar-refractivity contribution in [2.24, 2.45) is 5.92 Å². The molecule has 1 amide bonds. The third-order valence-electron chi connectivity index (χ3n) is 1.96. The molecule has 0 aliphatic heterocycles. The van der Waals surface area contributed by atoms with E-state index in [9.17, 15) is 18.0 Å². The van der Waals surface area contributed by atoms with Crippen LogP contribution in [-0.4, -0.2) is 18.7 Å². The lowest BCUT2D eigenvalue weighted by Gasteiger charge is -2.14. The Balaban J connectivity index is 2.79. The van der Waals surface area contributed by atoms with E-state index in [4.69, 9.17) is 4.74 Å². The van der Waals surface area contributed by atoms with Gasteiger partial charge in [-0.1, -0.05) is 26.0 Å². The van der Waals surface area contributed by atoms with E-state index >= 15 is 0 Å². The molecule has 0 unspecified atom stereocenters. The highest BCUT2D eigenvalue weighted by Gasteiger charge is 2.39. The maximum Gasteiger partial charge on any atom is 0.471 e. The fraction of sp³-hybridized carbons (Fsp3) is 0.417. The van der Waals surface area contributed by atoms with Crippen LogP contribution in [0.5, 0.6) is 5.75 Å². The van der Waals surface area contributed by atoms with Crippen LogP contribution in [0.4, 0.5) is 18.9 Å². The zero-order chi connectivity index (χ0) is 13.8. The van der Waals surface area contributed by atoms with Crippen LogP contribution in [0.2, 0.25) is 0 Å². The van der Waals surface area contributed by atoms with Gasteiger partial charge in [0.25, 0.3) is 0 Å². The molecule has 18 heavy (non-hydrogen) atoms. The summed E-state index contributed by atoms with van der Waals surface area (Å²) >= 11 is 0. The Hall–Kier alpha value is -1.72. The topological polar surface area (TPSA) is 38.3 Å². The van der Waals surface area contributed by atoms with E-state index in [0.717, 1.165) is 0 Å². The number of ether oxygens (including phenoxy) is 1. The first-order valence-corrected chi connectivity index (χ1v) is 5.40. The fourth-order valence-corrected chi connectivity index (χ4v) is 1.15. The number of benzene rings is 1. The van der Waals surface area contributed by atoms with Gasteiger partial charge in [0, 0.05) is 0 Å². The second-order valence-corrected chi connectivity index (χ2v) is 4.15. The maximum absolute atomic E-state index is 12.1. The molecule has 1 aromatic carbocycles. The normalized spacial score (nSPS) is 11.4. The number of amides is 1. The highest BCUT2D eigenvalue weighted by molar-refractivity contribution is 5.96. The minimum absolute atomic E-state index is 0.0143. The van der Waals surface area contributed by atoms with Crippen molar-refractivity contribution in [3.8, 4) is 5.75 Å². The molecule has 0 aromatic heterocycles. The molecule has 3 nitrogen and oxygen atoms in total. The van der Waals surface area contributed by atoms with E-state index in [-0.39, 0.29) is 17.4 Å². The molecular formula is C12H14F3NO2. The van der Waals surface area contributed by atoms with Gasteiger partial charge in [-0.25, -0.2) is 0 Å². The number of nitrogens with one attached hydrogen (secondary N) is 1. The number of halogens is 3.